The van der Waals surface area contributed by atoms with E-state index in [2.05, 4.69) is 20.9 Å². The fraction of sp³-hybridized carbons (Fsp3) is 0.333. The molecule has 0 aliphatic carbocycles. The van der Waals surface area contributed by atoms with E-state index in [9.17, 15) is 4.79 Å². The van der Waals surface area contributed by atoms with Crippen LogP contribution < -0.4 is 10.5 Å². The molecule has 104 valence electrons. The van der Waals surface area contributed by atoms with Gasteiger partial charge < -0.3 is 14.6 Å². The summed E-state index contributed by atoms with van der Waals surface area (Å²) in [6.45, 7) is 2.24. The van der Waals surface area contributed by atoms with E-state index in [0.29, 0.717) is 6.61 Å². The van der Waals surface area contributed by atoms with Crippen LogP contribution in [0.4, 0.5) is 5.69 Å². The van der Waals surface area contributed by atoms with Crippen LogP contribution >= 0.6 is 0 Å². The molecule has 1 N–H and O–H groups in total. The van der Waals surface area contributed by atoms with E-state index >= 15 is 0 Å². The van der Waals surface area contributed by atoms with E-state index in [1.165, 1.54) is 5.57 Å². The summed E-state index contributed by atoms with van der Waals surface area (Å²) in [6.07, 6.45) is 6.60. The average molecular weight is 271 g/mol. The number of fused-ring (bicyclic) bond motifs is 1. The lowest BCUT2D eigenvalue weighted by atomic mass is 10.1. The zero-order valence-corrected chi connectivity index (χ0v) is 11.4. The van der Waals surface area contributed by atoms with Crippen molar-refractivity contribution in [1.82, 2.24) is 9.97 Å². The summed E-state index contributed by atoms with van der Waals surface area (Å²) in [4.78, 5) is 20.7. The van der Waals surface area contributed by atoms with E-state index in [-0.39, 0.29) is 5.56 Å². The van der Waals surface area contributed by atoms with E-state index in [0.717, 1.165) is 36.2 Å². The largest absolute Gasteiger partial charge is 0.377 e. The van der Waals surface area contributed by atoms with Gasteiger partial charge in [0.25, 0.3) is 5.56 Å². The van der Waals surface area contributed by atoms with Crippen LogP contribution in [0.3, 0.4) is 0 Å². The minimum Gasteiger partial charge on any atom is -0.377 e. The van der Waals surface area contributed by atoms with Gasteiger partial charge in [0, 0.05) is 31.2 Å². The van der Waals surface area contributed by atoms with E-state index in [1.54, 1.807) is 18.5 Å². The molecular weight excluding hydrogens is 254 g/mol. The fourth-order valence-corrected chi connectivity index (χ4v) is 2.51. The first-order valence-electron chi connectivity index (χ1n) is 6.68. The first kappa shape index (κ1) is 12.9. The van der Waals surface area contributed by atoms with Crippen molar-refractivity contribution in [2.45, 2.75) is 6.42 Å². The highest BCUT2D eigenvalue weighted by molar-refractivity contribution is 5.90. The molecule has 0 fully saturated rings. The molecule has 2 aromatic rings. The number of pyridine rings is 2. The van der Waals surface area contributed by atoms with Crippen molar-refractivity contribution in [3.63, 3.8) is 0 Å². The standard InChI is InChI=1S/C15H17N3O2/c1-18(9-11-3-2-6-20-10-11)14-7-15(19)17-13-8-16-5-4-12(13)14/h3-5,7-8H,2,6,9-10H2,1H3,(H,17,19). The van der Waals surface area contributed by atoms with Gasteiger partial charge in [-0.3, -0.25) is 9.78 Å². The maximum absolute atomic E-state index is 11.8. The van der Waals surface area contributed by atoms with Gasteiger partial charge in [0.15, 0.2) is 0 Å². The lowest BCUT2D eigenvalue weighted by molar-refractivity contribution is 0.149. The number of rotatable bonds is 3. The van der Waals surface area contributed by atoms with Gasteiger partial charge in [-0.05, 0) is 18.1 Å². The monoisotopic (exact) mass is 271 g/mol. The van der Waals surface area contributed by atoms with E-state index < -0.39 is 0 Å². The Hall–Kier alpha value is -2.14. The third-order valence-electron chi connectivity index (χ3n) is 3.46. The van der Waals surface area contributed by atoms with Gasteiger partial charge in [0.1, 0.15) is 0 Å². The van der Waals surface area contributed by atoms with Crippen molar-refractivity contribution in [1.29, 1.82) is 0 Å². The number of anilines is 1. The Labute approximate surface area is 116 Å². The minimum absolute atomic E-state index is 0.110. The Balaban J connectivity index is 1.96. The van der Waals surface area contributed by atoms with Crippen molar-refractivity contribution in [3.05, 3.63) is 46.5 Å². The SMILES string of the molecule is CN(CC1=CCCOC1)c1cc(=O)[nH]c2cnccc12. The molecule has 3 heterocycles. The molecule has 3 rings (SSSR count). The predicted octanol–water partition coefficient (Wildman–Crippen LogP) is 1.71. The summed E-state index contributed by atoms with van der Waals surface area (Å²) in [7, 11) is 1.99. The molecule has 0 amide bonds. The molecule has 5 heteroatoms. The molecule has 0 saturated carbocycles. The zero-order chi connectivity index (χ0) is 13.9. The summed E-state index contributed by atoms with van der Waals surface area (Å²) in [5.74, 6) is 0. The minimum atomic E-state index is -0.110. The number of ether oxygens (including phenoxy) is 1. The molecule has 0 unspecified atom stereocenters. The third kappa shape index (κ3) is 2.58. The molecule has 1 aliphatic rings. The Morgan fingerprint density at radius 1 is 1.50 bits per heavy atom. The van der Waals surface area contributed by atoms with Gasteiger partial charge >= 0.3 is 0 Å². The molecule has 1 aliphatic heterocycles. The summed E-state index contributed by atoms with van der Waals surface area (Å²) in [5.41, 5.74) is 2.82. The van der Waals surface area contributed by atoms with Gasteiger partial charge in [-0.1, -0.05) is 6.08 Å². The fourth-order valence-electron chi connectivity index (χ4n) is 2.51. The van der Waals surface area contributed by atoms with Crippen molar-refractivity contribution >= 4 is 16.6 Å². The predicted molar refractivity (Wildman–Crippen MR) is 79.2 cm³/mol. The topological polar surface area (TPSA) is 58.2 Å². The van der Waals surface area contributed by atoms with Gasteiger partial charge in [0.05, 0.1) is 30.6 Å². The Bertz CT molecular complexity index is 706. The van der Waals surface area contributed by atoms with Crippen LogP contribution in [0.1, 0.15) is 6.42 Å². The van der Waals surface area contributed by atoms with Crippen LogP contribution in [-0.4, -0.2) is 36.8 Å². The third-order valence-corrected chi connectivity index (χ3v) is 3.46. The highest BCUT2D eigenvalue weighted by Crippen LogP contribution is 2.23. The summed E-state index contributed by atoms with van der Waals surface area (Å²) in [6, 6.07) is 3.55. The van der Waals surface area contributed by atoms with Crippen molar-refractivity contribution in [3.8, 4) is 0 Å². The second kappa shape index (κ2) is 5.46. The molecule has 0 radical (unpaired) electrons. The Kier molecular flexibility index (Phi) is 3.52. The lowest BCUT2D eigenvalue weighted by Crippen LogP contribution is -2.25. The molecule has 20 heavy (non-hydrogen) atoms. The number of hydrogen-bond donors (Lipinski definition) is 1. The van der Waals surface area contributed by atoms with Crippen LogP contribution in [0.2, 0.25) is 0 Å². The normalized spacial score (nSPS) is 15.2. The van der Waals surface area contributed by atoms with Crippen LogP contribution in [0.15, 0.2) is 41.0 Å². The van der Waals surface area contributed by atoms with Crippen LogP contribution in [-0.2, 0) is 4.74 Å². The molecule has 2 aromatic heterocycles. The number of likely N-dealkylation sites (N-methyl/N-ethyl adjacent to an activating group) is 1. The highest BCUT2D eigenvalue weighted by atomic mass is 16.5. The molecule has 0 atom stereocenters. The molecule has 0 spiro atoms. The zero-order valence-electron chi connectivity index (χ0n) is 11.4. The molecular formula is C15H17N3O2. The van der Waals surface area contributed by atoms with E-state index in [4.69, 9.17) is 4.74 Å². The molecule has 0 saturated heterocycles. The summed E-state index contributed by atoms with van der Waals surface area (Å²) in [5, 5.41) is 0.999. The van der Waals surface area contributed by atoms with Gasteiger partial charge in [-0.2, -0.15) is 0 Å². The number of nitrogens with zero attached hydrogens (tertiary/aromatic N) is 2. The van der Waals surface area contributed by atoms with Gasteiger partial charge in [0.2, 0.25) is 0 Å². The highest BCUT2D eigenvalue weighted by Gasteiger charge is 2.11. The lowest BCUT2D eigenvalue weighted by Gasteiger charge is -2.24. The van der Waals surface area contributed by atoms with Crippen LogP contribution in [0.25, 0.3) is 10.9 Å². The average Bonchev–Trinajstić information content (AvgIpc) is 2.47. The number of H-pyrrole nitrogens is 1. The van der Waals surface area contributed by atoms with E-state index in [1.807, 2.05) is 13.1 Å². The Morgan fingerprint density at radius 2 is 2.40 bits per heavy atom. The number of nitrogens with one attached hydrogen (secondary N) is 1. The quantitative estimate of drug-likeness (QED) is 0.863. The number of aromatic amines is 1. The van der Waals surface area contributed by atoms with Gasteiger partial charge in [-0.25, -0.2) is 0 Å². The smallest absolute Gasteiger partial charge is 0.250 e. The van der Waals surface area contributed by atoms with Crippen LogP contribution in [0, 0.1) is 0 Å². The van der Waals surface area contributed by atoms with Gasteiger partial charge in [-0.15, -0.1) is 0 Å². The maximum atomic E-state index is 11.8. The first-order chi connectivity index (χ1) is 9.74. The van der Waals surface area contributed by atoms with Crippen molar-refractivity contribution in [2.24, 2.45) is 0 Å². The number of hydrogen-bond acceptors (Lipinski definition) is 4. The number of aromatic nitrogens is 2. The second-order valence-electron chi connectivity index (χ2n) is 5.00. The summed E-state index contributed by atoms with van der Waals surface area (Å²) < 4.78 is 5.46. The molecule has 5 nitrogen and oxygen atoms in total. The summed E-state index contributed by atoms with van der Waals surface area (Å²) >= 11 is 0. The second-order valence-corrected chi connectivity index (χ2v) is 5.00. The van der Waals surface area contributed by atoms with Crippen molar-refractivity contribution in [2.75, 3.05) is 31.7 Å². The Morgan fingerprint density at radius 3 is 3.20 bits per heavy atom. The van der Waals surface area contributed by atoms with Crippen LogP contribution in [0.5, 0.6) is 0 Å². The van der Waals surface area contributed by atoms with Crippen molar-refractivity contribution < 1.29 is 4.74 Å². The molecule has 0 aromatic carbocycles. The molecule has 0 bridgehead atoms. The maximum Gasteiger partial charge on any atom is 0.250 e. The first-order valence-corrected chi connectivity index (χ1v) is 6.68.